The molecule has 0 aliphatic heterocycles. The molecule has 3 aromatic heterocycles. The van der Waals surface area contributed by atoms with Crippen molar-refractivity contribution in [1.29, 1.82) is 0 Å². The lowest BCUT2D eigenvalue weighted by Gasteiger charge is -2.22. The van der Waals surface area contributed by atoms with Gasteiger partial charge in [0.05, 0.1) is 17.2 Å². The van der Waals surface area contributed by atoms with E-state index in [0.29, 0.717) is 22.8 Å². The van der Waals surface area contributed by atoms with Gasteiger partial charge in [-0.1, -0.05) is 0 Å². The van der Waals surface area contributed by atoms with Gasteiger partial charge in [0.15, 0.2) is 22.7 Å². The van der Waals surface area contributed by atoms with Crippen molar-refractivity contribution in [3.8, 4) is 11.8 Å². The largest absolute Gasteiger partial charge is 0.508 e. The molecule has 1 amide bonds. The van der Waals surface area contributed by atoms with Gasteiger partial charge in [0.25, 0.3) is 0 Å². The molecule has 2 atom stereocenters. The molecule has 1 aliphatic carbocycles. The first kappa shape index (κ1) is 20.7. The Kier molecular flexibility index (Phi) is 5.07. The highest BCUT2D eigenvalue weighted by Crippen LogP contribution is 2.47. The zero-order chi connectivity index (χ0) is 22.3. The van der Waals surface area contributed by atoms with E-state index in [4.69, 9.17) is 0 Å². The molecule has 0 bridgehead atoms. The van der Waals surface area contributed by atoms with Crippen LogP contribution < -0.4 is 10.6 Å². The molecule has 31 heavy (non-hydrogen) atoms. The van der Waals surface area contributed by atoms with Crippen molar-refractivity contribution < 1.29 is 15.0 Å². The third-order valence-corrected chi connectivity index (χ3v) is 6.49. The highest BCUT2D eigenvalue weighted by molar-refractivity contribution is 7.10. The highest BCUT2D eigenvalue weighted by Gasteiger charge is 2.49. The molecule has 0 spiro atoms. The van der Waals surface area contributed by atoms with Gasteiger partial charge in [-0.2, -0.15) is 0 Å². The first-order valence-electron chi connectivity index (χ1n) is 9.63. The van der Waals surface area contributed by atoms with Gasteiger partial charge in [-0.3, -0.25) is 4.79 Å². The smallest absolute Gasteiger partial charge is 0.233 e. The Balaban J connectivity index is 1.81. The monoisotopic (exact) mass is 438 g/mol. The molecule has 160 valence electrons. The van der Waals surface area contributed by atoms with Crippen molar-refractivity contribution in [2.45, 2.75) is 26.3 Å². The number of anilines is 1. The van der Waals surface area contributed by atoms with Crippen LogP contribution in [0.5, 0.6) is 0 Å². The summed E-state index contributed by atoms with van der Waals surface area (Å²) in [7, 11) is 3.22. The minimum absolute atomic E-state index is 0.157. The number of aryl methyl sites for hydroxylation is 1. The number of hydrogen-bond acceptors (Lipinski definition) is 8. The molecule has 4 N–H and O–H groups in total. The molecule has 1 unspecified atom stereocenters. The number of hydrogen-bond donors (Lipinski definition) is 4. The number of nitrogens with one attached hydrogen (secondary N) is 2. The Morgan fingerprint density at radius 3 is 2.74 bits per heavy atom. The van der Waals surface area contributed by atoms with Crippen LogP contribution in [-0.2, 0) is 4.79 Å². The quantitative estimate of drug-likeness (QED) is 0.463. The van der Waals surface area contributed by atoms with Crippen molar-refractivity contribution in [3.63, 3.8) is 0 Å². The summed E-state index contributed by atoms with van der Waals surface area (Å²) in [5, 5.41) is 28.7. The molecule has 0 saturated carbocycles. The maximum absolute atomic E-state index is 12.4. The van der Waals surface area contributed by atoms with Crippen LogP contribution in [0.2, 0.25) is 0 Å². The number of aliphatic hydroxyl groups excluding tert-OH is 2. The molecule has 0 saturated heterocycles. The van der Waals surface area contributed by atoms with Gasteiger partial charge in [0.1, 0.15) is 11.2 Å². The van der Waals surface area contributed by atoms with Crippen LogP contribution in [0, 0.1) is 24.2 Å². The number of amides is 1. The topological polar surface area (TPSA) is 125 Å². The van der Waals surface area contributed by atoms with Gasteiger partial charge in [0, 0.05) is 14.1 Å². The molecule has 10 heteroatoms. The number of carbonyl (C=O) groups is 1. The zero-order valence-corrected chi connectivity index (χ0v) is 18.3. The molecular formula is C21H22N6O3S. The number of imidazole rings is 1. The third-order valence-electron chi connectivity index (χ3n) is 5.55. The van der Waals surface area contributed by atoms with Gasteiger partial charge >= 0.3 is 0 Å². The predicted molar refractivity (Wildman–Crippen MR) is 118 cm³/mol. The Labute approximate surface area is 182 Å². The van der Waals surface area contributed by atoms with Gasteiger partial charge in [0.2, 0.25) is 11.7 Å². The van der Waals surface area contributed by atoms with Gasteiger partial charge in [-0.15, -0.1) is 11.3 Å². The summed E-state index contributed by atoms with van der Waals surface area (Å²) in [5.41, 5.74) is 0.777. The number of aliphatic hydroxyl groups is 2. The number of carbonyl (C=O) groups excluding carboxylic acids is 1. The summed E-state index contributed by atoms with van der Waals surface area (Å²) in [6.07, 6.45) is 1.68. The molecular weight excluding hydrogens is 416 g/mol. The summed E-state index contributed by atoms with van der Waals surface area (Å²) >= 11 is 1.55. The lowest BCUT2D eigenvalue weighted by molar-refractivity contribution is -0.129. The van der Waals surface area contributed by atoms with E-state index < -0.39 is 11.5 Å². The van der Waals surface area contributed by atoms with E-state index in [9.17, 15) is 15.0 Å². The van der Waals surface area contributed by atoms with Crippen molar-refractivity contribution in [3.05, 3.63) is 45.6 Å². The van der Waals surface area contributed by atoms with E-state index in [2.05, 4.69) is 37.4 Å². The Morgan fingerprint density at radius 1 is 1.32 bits per heavy atom. The lowest BCUT2D eigenvalue weighted by atomic mass is 9.86. The zero-order valence-electron chi connectivity index (χ0n) is 17.5. The number of allylic oxidation sites excluding steroid dienone is 1. The Hall–Kier alpha value is -3.58. The molecule has 9 nitrogen and oxygen atoms in total. The van der Waals surface area contributed by atoms with Crippen molar-refractivity contribution in [1.82, 2.24) is 24.8 Å². The number of aromatic nitrogens is 4. The Morgan fingerprint density at radius 2 is 2.10 bits per heavy atom. The number of fused-ring (bicyclic) bond motifs is 1. The SMILES string of the molecule is CNC(=O)C1(C)C[C@@H](n2cnc3c(NC)nc(C#Cc4sccc4C)nc32)C(O)=C1O. The van der Waals surface area contributed by atoms with E-state index in [-0.39, 0.29) is 23.8 Å². The maximum atomic E-state index is 12.4. The van der Waals surface area contributed by atoms with Crippen molar-refractivity contribution >= 4 is 34.2 Å². The van der Waals surface area contributed by atoms with Crippen molar-refractivity contribution in [2.24, 2.45) is 5.41 Å². The average molecular weight is 439 g/mol. The van der Waals surface area contributed by atoms with E-state index in [1.54, 1.807) is 29.9 Å². The molecule has 3 aromatic rings. The average Bonchev–Trinajstić information content (AvgIpc) is 3.44. The van der Waals surface area contributed by atoms with Crippen LogP contribution in [0.15, 0.2) is 29.3 Å². The second-order valence-corrected chi connectivity index (χ2v) is 8.43. The first-order chi connectivity index (χ1) is 14.8. The van der Waals surface area contributed by atoms with Gasteiger partial charge in [-0.05, 0) is 49.1 Å². The summed E-state index contributed by atoms with van der Waals surface area (Å²) < 4.78 is 1.64. The fourth-order valence-corrected chi connectivity index (χ4v) is 4.49. The van der Waals surface area contributed by atoms with E-state index in [1.165, 1.54) is 13.4 Å². The van der Waals surface area contributed by atoms with Crippen LogP contribution in [0.25, 0.3) is 11.2 Å². The van der Waals surface area contributed by atoms with Crippen LogP contribution >= 0.6 is 11.3 Å². The molecule has 1 aliphatic rings. The van der Waals surface area contributed by atoms with Crippen molar-refractivity contribution in [2.75, 3.05) is 19.4 Å². The Bertz CT molecular complexity index is 1280. The summed E-state index contributed by atoms with van der Waals surface area (Å²) in [4.78, 5) is 26.7. The molecule has 4 rings (SSSR count). The fourth-order valence-electron chi connectivity index (χ4n) is 3.72. The third kappa shape index (κ3) is 3.27. The number of nitrogens with zero attached hydrogens (tertiary/aromatic N) is 4. The fraction of sp³-hybridized carbons (Fsp3) is 0.333. The van der Waals surface area contributed by atoms with Gasteiger partial charge < -0.3 is 25.4 Å². The first-order valence-corrected chi connectivity index (χ1v) is 10.5. The summed E-state index contributed by atoms with van der Waals surface area (Å²) in [6.45, 7) is 3.58. The van der Waals surface area contributed by atoms with Crippen LogP contribution in [0.3, 0.4) is 0 Å². The molecule has 0 fully saturated rings. The minimum atomic E-state index is -1.25. The van der Waals surface area contributed by atoms with E-state index in [0.717, 1.165) is 10.4 Å². The second kappa shape index (κ2) is 7.59. The van der Waals surface area contributed by atoms with Crippen LogP contribution in [0.4, 0.5) is 5.82 Å². The van der Waals surface area contributed by atoms with E-state index >= 15 is 0 Å². The standard InChI is InChI=1S/C21H22N6O3S/c1-11-7-8-31-13(11)5-6-14-25-18(22-3)15-19(26-14)27(10-24-15)12-9-21(2,20(30)23-4)17(29)16(12)28/h7-8,10,12,28-29H,9H2,1-4H3,(H,23,30)(H,22,25,26)/t12-,21?/m1/s1. The molecule has 3 heterocycles. The predicted octanol–water partition coefficient (Wildman–Crippen LogP) is 2.66. The maximum Gasteiger partial charge on any atom is 0.233 e. The minimum Gasteiger partial charge on any atom is -0.508 e. The van der Waals surface area contributed by atoms with E-state index in [1.807, 2.05) is 18.4 Å². The van der Waals surface area contributed by atoms with Crippen LogP contribution in [-0.4, -0.2) is 49.7 Å². The number of thiophene rings is 1. The normalized spacial score (nSPS) is 20.6. The lowest BCUT2D eigenvalue weighted by Crippen LogP contribution is -2.37. The molecule has 0 radical (unpaired) electrons. The van der Waals surface area contributed by atoms with Crippen LogP contribution in [0.1, 0.15) is 35.7 Å². The summed E-state index contributed by atoms with van der Waals surface area (Å²) in [5.74, 6) is 5.87. The summed E-state index contributed by atoms with van der Waals surface area (Å²) in [6, 6.07) is 1.30. The highest BCUT2D eigenvalue weighted by atomic mass is 32.1. The second-order valence-electron chi connectivity index (χ2n) is 7.52. The number of rotatable bonds is 3. The van der Waals surface area contributed by atoms with Gasteiger partial charge in [-0.25, -0.2) is 15.0 Å². The molecule has 0 aromatic carbocycles.